The van der Waals surface area contributed by atoms with Gasteiger partial charge in [-0.1, -0.05) is 36.4 Å². The average molecular weight is 315 g/mol. The number of thioether (sulfide) groups is 1. The Hall–Kier alpha value is -1.94. The highest BCUT2D eigenvalue weighted by Crippen LogP contribution is 2.25. The summed E-state index contributed by atoms with van der Waals surface area (Å²) in [5, 5.41) is -0.123. The van der Waals surface area contributed by atoms with Gasteiger partial charge in [0.05, 0.1) is 12.4 Å². The summed E-state index contributed by atoms with van der Waals surface area (Å²) in [7, 11) is 3.48. The highest BCUT2D eigenvalue weighted by Gasteiger charge is 2.19. The molecule has 0 heterocycles. The lowest BCUT2D eigenvalue weighted by Crippen LogP contribution is -2.32. The van der Waals surface area contributed by atoms with Crippen molar-refractivity contribution in [1.29, 1.82) is 0 Å². The number of hydrogen-bond acceptors (Lipinski definition) is 3. The number of carbonyl (C=O) groups excluding carboxylic acids is 1. The maximum Gasteiger partial charge on any atom is 0.235 e. The fraction of sp³-hybridized carbons (Fsp3) is 0.278. The van der Waals surface area contributed by atoms with Crippen LogP contribution in [0.1, 0.15) is 12.5 Å². The van der Waals surface area contributed by atoms with E-state index >= 15 is 0 Å². The Morgan fingerprint density at radius 3 is 2.45 bits per heavy atom. The average Bonchev–Trinajstić information content (AvgIpc) is 2.55. The lowest BCUT2D eigenvalue weighted by atomic mass is 10.2. The molecule has 0 saturated carbocycles. The van der Waals surface area contributed by atoms with Crippen LogP contribution in [-0.4, -0.2) is 30.2 Å². The number of methoxy groups -OCH3 is 1. The molecule has 2 rings (SSSR count). The van der Waals surface area contributed by atoms with Crippen LogP contribution >= 0.6 is 11.8 Å². The molecular formula is C18H21NO2S. The Labute approximate surface area is 136 Å². The van der Waals surface area contributed by atoms with E-state index in [1.807, 2.05) is 68.6 Å². The molecule has 0 bridgehead atoms. The van der Waals surface area contributed by atoms with Crippen molar-refractivity contribution in [3.05, 3.63) is 60.2 Å². The molecule has 0 unspecified atom stereocenters. The zero-order chi connectivity index (χ0) is 15.9. The molecule has 1 amide bonds. The van der Waals surface area contributed by atoms with Gasteiger partial charge in [0.15, 0.2) is 0 Å². The van der Waals surface area contributed by atoms with Crippen LogP contribution in [0.2, 0.25) is 0 Å². The fourth-order valence-electron chi connectivity index (χ4n) is 2.23. The Morgan fingerprint density at radius 1 is 1.14 bits per heavy atom. The van der Waals surface area contributed by atoms with Crippen molar-refractivity contribution >= 4 is 17.7 Å². The van der Waals surface area contributed by atoms with Crippen molar-refractivity contribution in [1.82, 2.24) is 4.90 Å². The van der Waals surface area contributed by atoms with Crippen LogP contribution in [0, 0.1) is 0 Å². The molecule has 0 fully saturated rings. The summed E-state index contributed by atoms with van der Waals surface area (Å²) in [6.45, 7) is 2.49. The normalized spacial score (nSPS) is 11.8. The van der Waals surface area contributed by atoms with Crippen LogP contribution in [0.25, 0.3) is 0 Å². The molecule has 0 aliphatic rings. The molecule has 0 saturated heterocycles. The van der Waals surface area contributed by atoms with Crippen molar-refractivity contribution < 1.29 is 9.53 Å². The summed E-state index contributed by atoms with van der Waals surface area (Å²) < 4.78 is 5.34. The standard InChI is InChI=1S/C18H21NO2S/c1-14(22-16-10-5-4-6-11-16)18(20)19(2)13-15-9-7-8-12-17(15)21-3/h4-12,14H,13H2,1-3H3/t14-/m1/s1. The summed E-state index contributed by atoms with van der Waals surface area (Å²) in [6, 6.07) is 17.8. The maximum atomic E-state index is 12.5. The second kappa shape index (κ2) is 7.90. The van der Waals surface area contributed by atoms with Crippen molar-refractivity contribution in [2.24, 2.45) is 0 Å². The monoisotopic (exact) mass is 315 g/mol. The van der Waals surface area contributed by atoms with Crippen LogP contribution < -0.4 is 4.74 Å². The topological polar surface area (TPSA) is 29.5 Å². The summed E-state index contributed by atoms with van der Waals surface area (Å²) in [5.41, 5.74) is 1.01. The van der Waals surface area contributed by atoms with Crippen molar-refractivity contribution in [2.45, 2.75) is 23.6 Å². The minimum absolute atomic E-state index is 0.111. The molecule has 2 aromatic carbocycles. The maximum absolute atomic E-state index is 12.5. The van der Waals surface area contributed by atoms with Crippen LogP contribution in [0.5, 0.6) is 5.75 Å². The van der Waals surface area contributed by atoms with Gasteiger partial charge in [0, 0.05) is 24.1 Å². The third kappa shape index (κ3) is 4.28. The molecule has 0 aliphatic heterocycles. The van der Waals surface area contributed by atoms with Crippen LogP contribution in [0.4, 0.5) is 0 Å². The number of para-hydroxylation sites is 1. The van der Waals surface area contributed by atoms with Crippen molar-refractivity contribution in [2.75, 3.05) is 14.2 Å². The molecule has 3 nitrogen and oxygen atoms in total. The third-order valence-corrected chi connectivity index (χ3v) is 4.48. The molecular weight excluding hydrogens is 294 g/mol. The van der Waals surface area contributed by atoms with E-state index in [2.05, 4.69) is 0 Å². The zero-order valence-electron chi connectivity index (χ0n) is 13.2. The van der Waals surface area contributed by atoms with Gasteiger partial charge in [0.1, 0.15) is 5.75 Å². The van der Waals surface area contributed by atoms with Gasteiger partial charge in [-0.25, -0.2) is 0 Å². The Bertz CT molecular complexity index is 615. The molecule has 2 aromatic rings. The number of nitrogens with zero attached hydrogens (tertiary/aromatic N) is 1. The van der Waals surface area contributed by atoms with Crippen LogP contribution in [0.15, 0.2) is 59.5 Å². The summed E-state index contributed by atoms with van der Waals surface area (Å²) >= 11 is 1.58. The molecule has 0 N–H and O–H groups in total. The summed E-state index contributed by atoms with van der Waals surface area (Å²) in [6.07, 6.45) is 0. The highest BCUT2D eigenvalue weighted by atomic mass is 32.2. The number of rotatable bonds is 6. The van der Waals surface area contributed by atoms with Gasteiger partial charge in [-0.2, -0.15) is 0 Å². The molecule has 22 heavy (non-hydrogen) atoms. The molecule has 0 radical (unpaired) electrons. The van der Waals surface area contributed by atoms with Crippen molar-refractivity contribution in [3.63, 3.8) is 0 Å². The SMILES string of the molecule is COc1ccccc1CN(C)C(=O)[C@@H](C)Sc1ccccc1. The zero-order valence-corrected chi connectivity index (χ0v) is 14.0. The van der Waals surface area contributed by atoms with Gasteiger partial charge in [-0.3, -0.25) is 4.79 Å². The lowest BCUT2D eigenvalue weighted by Gasteiger charge is -2.22. The van der Waals surface area contributed by atoms with E-state index in [0.717, 1.165) is 16.2 Å². The Kier molecular flexibility index (Phi) is 5.90. The van der Waals surface area contributed by atoms with Crippen molar-refractivity contribution in [3.8, 4) is 5.75 Å². The van der Waals surface area contributed by atoms with E-state index in [1.165, 1.54) is 0 Å². The number of hydrogen-bond donors (Lipinski definition) is 0. The van der Waals surface area contributed by atoms with Gasteiger partial charge in [-0.05, 0) is 25.1 Å². The van der Waals surface area contributed by atoms with E-state index in [9.17, 15) is 4.79 Å². The largest absolute Gasteiger partial charge is 0.496 e. The van der Waals surface area contributed by atoms with Gasteiger partial charge in [-0.15, -0.1) is 11.8 Å². The number of amides is 1. The van der Waals surface area contributed by atoms with Gasteiger partial charge in [0.2, 0.25) is 5.91 Å². The van der Waals surface area contributed by atoms with Gasteiger partial charge >= 0.3 is 0 Å². The second-order valence-electron chi connectivity index (χ2n) is 5.08. The number of carbonyl (C=O) groups is 1. The Balaban J connectivity index is 1.99. The first-order chi connectivity index (χ1) is 10.6. The highest BCUT2D eigenvalue weighted by molar-refractivity contribution is 8.00. The molecule has 4 heteroatoms. The van der Waals surface area contributed by atoms with E-state index < -0.39 is 0 Å². The predicted molar refractivity (Wildman–Crippen MR) is 91.2 cm³/mol. The molecule has 116 valence electrons. The third-order valence-electron chi connectivity index (χ3n) is 3.38. The predicted octanol–water partition coefficient (Wildman–Crippen LogP) is 3.83. The van der Waals surface area contributed by atoms with Crippen LogP contribution in [0.3, 0.4) is 0 Å². The molecule has 0 spiro atoms. The lowest BCUT2D eigenvalue weighted by molar-refractivity contribution is -0.129. The number of benzene rings is 2. The first-order valence-corrected chi connectivity index (χ1v) is 8.08. The van der Waals surface area contributed by atoms with E-state index in [-0.39, 0.29) is 11.2 Å². The Morgan fingerprint density at radius 2 is 1.77 bits per heavy atom. The first-order valence-electron chi connectivity index (χ1n) is 7.20. The molecule has 1 atom stereocenters. The fourth-order valence-corrected chi connectivity index (χ4v) is 3.23. The van der Waals surface area contributed by atoms with Gasteiger partial charge in [0.25, 0.3) is 0 Å². The quantitative estimate of drug-likeness (QED) is 0.759. The van der Waals surface area contributed by atoms with E-state index in [0.29, 0.717) is 6.54 Å². The second-order valence-corrected chi connectivity index (χ2v) is 6.49. The molecule has 0 aromatic heterocycles. The van der Waals surface area contributed by atoms with E-state index in [1.54, 1.807) is 23.8 Å². The van der Waals surface area contributed by atoms with Gasteiger partial charge < -0.3 is 9.64 Å². The smallest absolute Gasteiger partial charge is 0.235 e. The minimum atomic E-state index is -0.123. The number of ether oxygens (including phenoxy) is 1. The summed E-state index contributed by atoms with van der Waals surface area (Å²) in [4.78, 5) is 15.4. The van der Waals surface area contributed by atoms with E-state index in [4.69, 9.17) is 4.74 Å². The first kappa shape index (κ1) is 16.4. The summed E-state index contributed by atoms with van der Waals surface area (Å²) in [5.74, 6) is 0.922. The van der Waals surface area contributed by atoms with Crippen LogP contribution in [-0.2, 0) is 11.3 Å². The molecule has 0 aliphatic carbocycles. The minimum Gasteiger partial charge on any atom is -0.496 e.